The van der Waals surface area contributed by atoms with Crippen LogP contribution >= 0.6 is 0 Å². The number of benzene rings is 2. The number of rotatable bonds is 4. The molecular formula is C25H26N4O5. The van der Waals surface area contributed by atoms with Crippen LogP contribution in [0.25, 0.3) is 0 Å². The minimum atomic E-state index is -1.50. The molecule has 0 aliphatic carbocycles. The summed E-state index contributed by atoms with van der Waals surface area (Å²) in [5.74, 6) is -1.11. The first-order valence-corrected chi connectivity index (χ1v) is 11.7. The average molecular weight is 463 g/mol. The van der Waals surface area contributed by atoms with E-state index in [9.17, 15) is 24.5 Å². The van der Waals surface area contributed by atoms with E-state index in [2.05, 4.69) is 10.2 Å². The van der Waals surface area contributed by atoms with E-state index in [1.54, 1.807) is 6.07 Å². The van der Waals surface area contributed by atoms with Crippen LogP contribution in [0.15, 0.2) is 48.5 Å². The second kappa shape index (κ2) is 8.55. The number of hydrogen-bond donors (Lipinski definition) is 1. The molecule has 9 heteroatoms. The van der Waals surface area contributed by atoms with Crippen molar-refractivity contribution in [1.82, 2.24) is 10.2 Å². The van der Waals surface area contributed by atoms with Crippen molar-refractivity contribution in [2.45, 2.75) is 44.6 Å². The van der Waals surface area contributed by atoms with Crippen molar-refractivity contribution in [1.29, 1.82) is 0 Å². The van der Waals surface area contributed by atoms with Gasteiger partial charge in [-0.1, -0.05) is 43.2 Å². The molecule has 2 aromatic rings. The van der Waals surface area contributed by atoms with Crippen LogP contribution in [0.4, 0.5) is 16.2 Å². The van der Waals surface area contributed by atoms with E-state index in [0.29, 0.717) is 24.9 Å². The summed E-state index contributed by atoms with van der Waals surface area (Å²) in [6.07, 6.45) is 3.87. The molecular weight excluding hydrogens is 436 g/mol. The third kappa shape index (κ3) is 3.52. The van der Waals surface area contributed by atoms with E-state index in [1.807, 2.05) is 30.3 Å². The van der Waals surface area contributed by atoms with Gasteiger partial charge in [0.15, 0.2) is 5.41 Å². The van der Waals surface area contributed by atoms with Gasteiger partial charge < -0.3 is 4.90 Å². The van der Waals surface area contributed by atoms with Crippen LogP contribution in [0.3, 0.4) is 0 Å². The lowest BCUT2D eigenvalue weighted by Crippen LogP contribution is -2.72. The molecule has 176 valence electrons. The maximum Gasteiger partial charge on any atom is 0.330 e. The van der Waals surface area contributed by atoms with Gasteiger partial charge in [0.25, 0.3) is 5.69 Å². The number of nitrogens with zero attached hydrogens (tertiary/aromatic N) is 3. The van der Waals surface area contributed by atoms with Crippen molar-refractivity contribution in [3.8, 4) is 0 Å². The molecule has 2 saturated heterocycles. The van der Waals surface area contributed by atoms with E-state index in [0.717, 1.165) is 35.4 Å². The Balaban J connectivity index is 1.56. The highest BCUT2D eigenvalue weighted by atomic mass is 16.6. The summed E-state index contributed by atoms with van der Waals surface area (Å²) < 4.78 is 0. The lowest BCUT2D eigenvalue weighted by atomic mass is 9.67. The van der Waals surface area contributed by atoms with Crippen molar-refractivity contribution in [3.63, 3.8) is 0 Å². The highest BCUT2D eigenvalue weighted by Crippen LogP contribution is 2.47. The summed E-state index contributed by atoms with van der Waals surface area (Å²) in [4.78, 5) is 54.4. The summed E-state index contributed by atoms with van der Waals surface area (Å²) in [7, 11) is 0. The lowest BCUT2D eigenvalue weighted by Gasteiger charge is -2.51. The molecule has 0 saturated carbocycles. The Hall–Kier alpha value is -3.75. The molecule has 3 heterocycles. The predicted molar refractivity (Wildman–Crippen MR) is 124 cm³/mol. The fourth-order valence-electron chi connectivity index (χ4n) is 5.68. The fraction of sp³-hybridized carbons (Fsp3) is 0.400. The van der Waals surface area contributed by atoms with Crippen molar-refractivity contribution < 1.29 is 19.3 Å². The third-order valence-electron chi connectivity index (χ3n) is 7.34. The number of imide groups is 2. The summed E-state index contributed by atoms with van der Waals surface area (Å²) in [6.45, 7) is 0.800. The van der Waals surface area contributed by atoms with Gasteiger partial charge in [-0.2, -0.15) is 0 Å². The van der Waals surface area contributed by atoms with Gasteiger partial charge in [0.05, 0.1) is 11.0 Å². The number of anilines is 1. The molecule has 3 aliphatic rings. The Morgan fingerprint density at radius 1 is 1.06 bits per heavy atom. The number of hydrogen-bond acceptors (Lipinski definition) is 6. The zero-order chi connectivity index (χ0) is 23.9. The number of amides is 4. The second-order valence-electron chi connectivity index (χ2n) is 9.23. The first kappa shape index (κ1) is 22.1. The number of fused-ring (bicyclic) bond motifs is 4. The number of carbonyl (C=O) groups excluding carboxylic acids is 3. The smallest absolute Gasteiger partial charge is 0.330 e. The van der Waals surface area contributed by atoms with E-state index in [1.165, 1.54) is 12.1 Å². The van der Waals surface area contributed by atoms with E-state index in [-0.39, 0.29) is 18.7 Å². The van der Waals surface area contributed by atoms with Crippen LogP contribution in [0.5, 0.6) is 0 Å². The lowest BCUT2D eigenvalue weighted by molar-refractivity contribution is -0.384. The molecule has 1 spiro atoms. The van der Waals surface area contributed by atoms with Crippen LogP contribution in [0.2, 0.25) is 0 Å². The molecule has 5 rings (SSSR count). The normalized spacial score (nSPS) is 24.4. The van der Waals surface area contributed by atoms with Crippen LogP contribution in [0, 0.1) is 15.5 Å². The monoisotopic (exact) mass is 462 g/mol. The van der Waals surface area contributed by atoms with Crippen LogP contribution in [0.1, 0.15) is 36.8 Å². The highest BCUT2D eigenvalue weighted by molar-refractivity contribution is 6.20. The van der Waals surface area contributed by atoms with Gasteiger partial charge in [-0.15, -0.1) is 0 Å². The molecule has 9 nitrogen and oxygen atoms in total. The Kier molecular flexibility index (Phi) is 5.55. The molecule has 3 aliphatic heterocycles. The van der Waals surface area contributed by atoms with Crippen LogP contribution in [-0.4, -0.2) is 46.8 Å². The van der Waals surface area contributed by atoms with Gasteiger partial charge in [-0.05, 0) is 36.5 Å². The number of nitro benzene ring substituents is 1. The topological polar surface area (TPSA) is 113 Å². The first-order valence-electron chi connectivity index (χ1n) is 11.7. The molecule has 0 bridgehead atoms. The number of nitrogens with one attached hydrogen (secondary N) is 1. The maximum absolute atomic E-state index is 14.0. The predicted octanol–water partition coefficient (Wildman–Crippen LogP) is 3.21. The molecule has 2 fully saturated rings. The van der Waals surface area contributed by atoms with Crippen molar-refractivity contribution in [2.75, 3.05) is 18.0 Å². The van der Waals surface area contributed by atoms with Crippen molar-refractivity contribution in [2.24, 2.45) is 5.41 Å². The third-order valence-corrected chi connectivity index (χ3v) is 7.34. The standard InChI is InChI=1S/C25H26N4O5/c30-22-25(23(31)28(24(32)26-22)14-12-17-7-3-1-4-8-17)16-18-15-19(29(33)34)10-11-20(18)27-13-6-2-5-9-21(25)27/h1,3-4,7-8,10-11,15,21H,2,5-6,9,12-14,16H2,(H,26,30,32). The molecule has 2 aromatic carbocycles. The van der Waals surface area contributed by atoms with Crippen molar-refractivity contribution >= 4 is 29.2 Å². The largest absolute Gasteiger partial charge is 0.367 e. The number of urea groups is 1. The number of barbiturate groups is 1. The van der Waals surface area contributed by atoms with E-state index >= 15 is 0 Å². The Morgan fingerprint density at radius 2 is 1.85 bits per heavy atom. The minimum Gasteiger partial charge on any atom is -0.367 e. The fourth-order valence-corrected chi connectivity index (χ4v) is 5.68. The SMILES string of the molecule is O=C1NC(=O)C2(Cc3cc([N+](=O)[O-])ccc3N3CCCCCC32)C(=O)N1CCc1ccccc1. The zero-order valence-electron chi connectivity index (χ0n) is 18.7. The van der Waals surface area contributed by atoms with E-state index < -0.39 is 34.2 Å². The Bertz CT molecular complexity index is 1170. The van der Waals surface area contributed by atoms with Gasteiger partial charge >= 0.3 is 6.03 Å². The van der Waals surface area contributed by atoms with E-state index in [4.69, 9.17) is 0 Å². The number of nitro groups is 1. The molecule has 0 aromatic heterocycles. The first-order chi connectivity index (χ1) is 16.4. The molecule has 2 unspecified atom stereocenters. The highest BCUT2D eigenvalue weighted by Gasteiger charge is 2.61. The Labute approximate surface area is 196 Å². The average Bonchev–Trinajstić information content (AvgIpc) is 3.09. The van der Waals surface area contributed by atoms with Gasteiger partial charge in [0, 0.05) is 37.3 Å². The summed E-state index contributed by atoms with van der Waals surface area (Å²) in [5, 5.41) is 13.9. The number of non-ortho nitro benzene ring substituents is 1. The van der Waals surface area contributed by atoms with Crippen LogP contribution < -0.4 is 10.2 Å². The van der Waals surface area contributed by atoms with Gasteiger partial charge in [-0.3, -0.25) is 29.9 Å². The maximum atomic E-state index is 14.0. The molecule has 1 N–H and O–H groups in total. The molecule has 34 heavy (non-hydrogen) atoms. The summed E-state index contributed by atoms with van der Waals surface area (Å²) >= 11 is 0. The van der Waals surface area contributed by atoms with Gasteiger partial charge in [-0.25, -0.2) is 4.79 Å². The number of carbonyl (C=O) groups is 3. The molecule has 4 amide bonds. The summed E-state index contributed by atoms with van der Waals surface area (Å²) in [5.41, 5.74) is 0.819. The van der Waals surface area contributed by atoms with Crippen LogP contribution in [-0.2, 0) is 22.4 Å². The molecule has 0 radical (unpaired) electrons. The zero-order valence-corrected chi connectivity index (χ0v) is 18.7. The molecule has 2 atom stereocenters. The second-order valence-corrected chi connectivity index (χ2v) is 9.23. The summed E-state index contributed by atoms with van der Waals surface area (Å²) in [6, 6.07) is 13.1. The van der Waals surface area contributed by atoms with Gasteiger partial charge in [0.1, 0.15) is 0 Å². The van der Waals surface area contributed by atoms with Crippen molar-refractivity contribution in [3.05, 3.63) is 69.8 Å². The minimum absolute atomic E-state index is 0.0327. The van der Waals surface area contributed by atoms with Gasteiger partial charge in [0.2, 0.25) is 11.8 Å². The Morgan fingerprint density at radius 3 is 2.62 bits per heavy atom. The quantitative estimate of drug-likeness (QED) is 0.424.